The smallest absolute Gasteiger partial charge is 0.0973 e. The zero-order valence-electron chi connectivity index (χ0n) is 28.4. The summed E-state index contributed by atoms with van der Waals surface area (Å²) in [6, 6.07) is 72.0. The fourth-order valence-corrected chi connectivity index (χ4v) is 6.95. The third kappa shape index (κ3) is 5.93. The molecule has 0 spiro atoms. The predicted molar refractivity (Wildman–Crippen MR) is 217 cm³/mol. The largest absolute Gasteiger partial charge is 0.311 e. The van der Waals surface area contributed by atoms with Crippen LogP contribution < -0.4 is 9.80 Å². The van der Waals surface area contributed by atoms with Crippen LogP contribution in [-0.4, -0.2) is 9.97 Å². The van der Waals surface area contributed by atoms with Gasteiger partial charge >= 0.3 is 0 Å². The molecule has 0 atom stereocenters. The molecule has 0 aliphatic rings. The molecule has 0 amide bonds. The number of aromatic nitrogens is 2. The minimum absolute atomic E-state index is 0.863. The van der Waals surface area contributed by atoms with E-state index in [2.05, 4.69) is 174 Å². The fraction of sp³-hybridized carbons (Fsp3) is 0. The Balaban J connectivity index is 1.12. The first-order valence-electron chi connectivity index (χ1n) is 17.5. The Hall–Kier alpha value is -7.04. The maximum Gasteiger partial charge on any atom is 0.0973 e. The highest BCUT2D eigenvalue weighted by Gasteiger charge is 2.19. The van der Waals surface area contributed by atoms with Gasteiger partial charge in [0.2, 0.25) is 0 Å². The van der Waals surface area contributed by atoms with Gasteiger partial charge in [0.1, 0.15) is 0 Å². The number of rotatable bonds is 8. The summed E-state index contributed by atoms with van der Waals surface area (Å²) >= 11 is 0. The Morgan fingerprint density at radius 3 is 1.29 bits per heavy atom. The van der Waals surface area contributed by atoms with Crippen molar-refractivity contribution in [2.24, 2.45) is 0 Å². The van der Waals surface area contributed by atoms with Gasteiger partial charge in [0.25, 0.3) is 0 Å². The molecule has 0 fully saturated rings. The van der Waals surface area contributed by atoms with Crippen molar-refractivity contribution in [1.29, 1.82) is 0 Å². The van der Waals surface area contributed by atoms with Gasteiger partial charge in [0.05, 0.1) is 28.1 Å². The minimum Gasteiger partial charge on any atom is -0.311 e. The molecule has 0 aliphatic heterocycles. The summed E-state index contributed by atoms with van der Waals surface area (Å²) in [7, 11) is 0. The third-order valence-electron chi connectivity index (χ3n) is 9.42. The highest BCUT2D eigenvalue weighted by Crippen LogP contribution is 2.42. The number of benzene rings is 8. The van der Waals surface area contributed by atoms with E-state index in [0.717, 1.165) is 67.7 Å². The summed E-state index contributed by atoms with van der Waals surface area (Å²) in [4.78, 5) is 14.8. The molecule has 246 valence electrons. The molecule has 52 heavy (non-hydrogen) atoms. The molecule has 4 heteroatoms. The van der Waals surface area contributed by atoms with Gasteiger partial charge < -0.3 is 9.80 Å². The van der Waals surface area contributed by atoms with E-state index in [1.165, 1.54) is 10.8 Å². The van der Waals surface area contributed by atoms with Crippen molar-refractivity contribution in [3.05, 3.63) is 206 Å². The Morgan fingerprint density at radius 1 is 0.288 bits per heavy atom. The molecule has 0 unspecified atom stereocenters. The van der Waals surface area contributed by atoms with Gasteiger partial charge in [-0.05, 0) is 84.2 Å². The third-order valence-corrected chi connectivity index (χ3v) is 9.42. The lowest BCUT2D eigenvalue weighted by Gasteiger charge is -2.29. The van der Waals surface area contributed by atoms with Crippen molar-refractivity contribution in [3.63, 3.8) is 0 Å². The second kappa shape index (κ2) is 13.7. The van der Waals surface area contributed by atoms with Crippen LogP contribution in [0.3, 0.4) is 0 Å². The van der Waals surface area contributed by atoms with Gasteiger partial charge in [-0.25, -0.2) is 9.97 Å². The first-order chi connectivity index (χ1) is 25.8. The van der Waals surface area contributed by atoms with Gasteiger partial charge in [-0.1, -0.05) is 127 Å². The van der Waals surface area contributed by atoms with E-state index in [9.17, 15) is 0 Å². The average Bonchev–Trinajstić information content (AvgIpc) is 3.23. The molecule has 0 bridgehead atoms. The van der Waals surface area contributed by atoms with E-state index in [1.54, 1.807) is 0 Å². The first kappa shape index (κ1) is 31.0. The quantitative estimate of drug-likeness (QED) is 0.162. The molecule has 8 aromatic carbocycles. The van der Waals surface area contributed by atoms with Crippen LogP contribution in [0.4, 0.5) is 34.1 Å². The van der Waals surface area contributed by atoms with Crippen LogP contribution in [0.25, 0.3) is 44.3 Å². The second-order valence-electron chi connectivity index (χ2n) is 12.7. The molecule has 1 aromatic heterocycles. The van der Waals surface area contributed by atoms with Gasteiger partial charge in [0, 0.05) is 45.0 Å². The van der Waals surface area contributed by atoms with Crippen LogP contribution in [0.1, 0.15) is 0 Å². The molecule has 4 nitrogen and oxygen atoms in total. The zero-order chi connectivity index (χ0) is 34.7. The number of nitrogens with zero attached hydrogens (tertiary/aromatic N) is 4. The lowest BCUT2D eigenvalue weighted by molar-refractivity contribution is 1.26. The van der Waals surface area contributed by atoms with E-state index >= 15 is 0 Å². The van der Waals surface area contributed by atoms with Crippen molar-refractivity contribution >= 4 is 55.9 Å². The van der Waals surface area contributed by atoms with Gasteiger partial charge in [-0.3, -0.25) is 0 Å². The zero-order valence-corrected chi connectivity index (χ0v) is 28.4. The highest BCUT2D eigenvalue weighted by molar-refractivity contribution is 5.99. The Labute approximate surface area is 303 Å². The van der Waals surface area contributed by atoms with Crippen LogP contribution in [0.15, 0.2) is 206 Å². The number of hydrogen-bond donors (Lipinski definition) is 0. The van der Waals surface area contributed by atoms with E-state index in [4.69, 9.17) is 9.97 Å². The summed E-state index contributed by atoms with van der Waals surface area (Å²) in [5.74, 6) is 0. The SMILES string of the molecule is c1ccc(-c2nc3ccccc3nc2-c2ccc(N(c3ccccc3)c3ccc(N(c4ccccc4)c4cccc5ccccc45)cc3)cc2)cc1. The topological polar surface area (TPSA) is 32.3 Å². The average molecular weight is 667 g/mol. The van der Waals surface area contributed by atoms with E-state index in [1.807, 2.05) is 42.5 Å². The molecular weight excluding hydrogens is 633 g/mol. The first-order valence-corrected chi connectivity index (χ1v) is 17.5. The molecule has 1 heterocycles. The van der Waals surface area contributed by atoms with E-state index in [-0.39, 0.29) is 0 Å². The van der Waals surface area contributed by atoms with Crippen LogP contribution in [0.2, 0.25) is 0 Å². The van der Waals surface area contributed by atoms with Crippen LogP contribution in [0, 0.1) is 0 Å². The number of fused-ring (bicyclic) bond motifs is 2. The molecule has 9 aromatic rings. The monoisotopic (exact) mass is 666 g/mol. The molecule has 0 N–H and O–H groups in total. The van der Waals surface area contributed by atoms with E-state index in [0.29, 0.717) is 0 Å². The molecule has 0 aliphatic carbocycles. The molecular formula is C48H34N4. The lowest BCUT2D eigenvalue weighted by Crippen LogP contribution is -2.12. The standard InChI is InChI=1S/C48H34N4/c1-4-16-36(17-5-1)47-48(50-45-25-13-12-24-44(45)49-47)37-27-29-40(30-28-37)51(38-19-6-2-7-20-38)41-31-33-42(34-32-41)52(39-21-8-3-9-22-39)46-26-14-18-35-15-10-11-23-43(35)46/h1-34H. The Bertz CT molecular complexity index is 2600. The maximum atomic E-state index is 5.13. The summed E-state index contributed by atoms with van der Waals surface area (Å²) < 4.78 is 0. The van der Waals surface area contributed by atoms with Gasteiger partial charge in [-0.15, -0.1) is 0 Å². The fourth-order valence-electron chi connectivity index (χ4n) is 6.95. The van der Waals surface area contributed by atoms with Gasteiger partial charge in [-0.2, -0.15) is 0 Å². The normalized spacial score (nSPS) is 11.1. The van der Waals surface area contributed by atoms with Crippen molar-refractivity contribution in [3.8, 4) is 22.5 Å². The number of para-hydroxylation sites is 4. The second-order valence-corrected chi connectivity index (χ2v) is 12.7. The summed E-state index contributed by atoms with van der Waals surface area (Å²) in [6.45, 7) is 0. The number of anilines is 6. The Kier molecular flexibility index (Phi) is 8.16. The summed E-state index contributed by atoms with van der Waals surface area (Å²) in [5, 5.41) is 2.41. The minimum atomic E-state index is 0.863. The molecule has 0 radical (unpaired) electrons. The Morgan fingerprint density at radius 2 is 0.692 bits per heavy atom. The van der Waals surface area contributed by atoms with E-state index < -0.39 is 0 Å². The van der Waals surface area contributed by atoms with Crippen LogP contribution in [0.5, 0.6) is 0 Å². The van der Waals surface area contributed by atoms with Crippen molar-refractivity contribution < 1.29 is 0 Å². The summed E-state index contributed by atoms with van der Waals surface area (Å²) in [5.41, 5.74) is 12.1. The number of hydrogen-bond acceptors (Lipinski definition) is 4. The molecule has 9 rings (SSSR count). The van der Waals surface area contributed by atoms with Crippen molar-refractivity contribution in [1.82, 2.24) is 9.97 Å². The molecule has 0 saturated heterocycles. The van der Waals surface area contributed by atoms with Crippen molar-refractivity contribution in [2.75, 3.05) is 9.80 Å². The predicted octanol–water partition coefficient (Wildman–Crippen LogP) is 13.1. The summed E-state index contributed by atoms with van der Waals surface area (Å²) in [6.07, 6.45) is 0. The van der Waals surface area contributed by atoms with Crippen LogP contribution >= 0.6 is 0 Å². The van der Waals surface area contributed by atoms with Crippen LogP contribution in [-0.2, 0) is 0 Å². The van der Waals surface area contributed by atoms with Gasteiger partial charge in [0.15, 0.2) is 0 Å². The molecule has 0 saturated carbocycles. The highest BCUT2D eigenvalue weighted by atomic mass is 15.2. The van der Waals surface area contributed by atoms with Crippen molar-refractivity contribution in [2.45, 2.75) is 0 Å². The lowest BCUT2D eigenvalue weighted by atomic mass is 10.0. The maximum absolute atomic E-state index is 5.13.